The van der Waals surface area contributed by atoms with E-state index in [0.717, 1.165) is 16.7 Å². The van der Waals surface area contributed by atoms with E-state index in [1.54, 1.807) is 50.2 Å². The third kappa shape index (κ3) is 6.57. The van der Waals surface area contributed by atoms with Crippen molar-refractivity contribution >= 4 is 46.5 Å². The minimum atomic E-state index is -0.585. The lowest BCUT2D eigenvalue weighted by atomic mass is 10.2. The monoisotopic (exact) mass is 542 g/mol. The third-order valence-corrected chi connectivity index (χ3v) is 6.12. The Morgan fingerprint density at radius 2 is 1.79 bits per heavy atom. The van der Waals surface area contributed by atoms with Crippen LogP contribution in [0.15, 0.2) is 41.3 Å². The maximum absolute atomic E-state index is 12.9. The lowest BCUT2D eigenvalue weighted by Crippen LogP contribution is -2.36. The second-order valence-corrected chi connectivity index (χ2v) is 8.90. The number of rotatable bonds is 10. The molecule has 3 amide bonds. The Morgan fingerprint density at radius 1 is 1.00 bits per heavy atom. The summed E-state index contributed by atoms with van der Waals surface area (Å²) in [6, 6.07) is 9.83. The van der Waals surface area contributed by atoms with Gasteiger partial charge in [0.15, 0.2) is 29.6 Å². The third-order valence-electron chi connectivity index (χ3n) is 5.22. The number of anilines is 1. The molecule has 2 heterocycles. The van der Waals surface area contributed by atoms with Crippen LogP contribution in [0.2, 0.25) is 0 Å². The molecule has 0 aliphatic carbocycles. The number of carbonyl (C=O) groups is 4. The van der Waals surface area contributed by atoms with Gasteiger partial charge in [-0.2, -0.15) is 0 Å². The van der Waals surface area contributed by atoms with Gasteiger partial charge < -0.3 is 29.0 Å². The molecular formula is C26H26N2O9S. The summed E-state index contributed by atoms with van der Waals surface area (Å²) in [4.78, 5) is 50.6. The van der Waals surface area contributed by atoms with Crippen molar-refractivity contribution in [3.63, 3.8) is 0 Å². The zero-order valence-electron chi connectivity index (χ0n) is 20.8. The molecule has 1 saturated heterocycles. The van der Waals surface area contributed by atoms with Crippen LogP contribution < -0.4 is 24.3 Å². The van der Waals surface area contributed by atoms with Crippen molar-refractivity contribution in [2.24, 2.45) is 0 Å². The van der Waals surface area contributed by atoms with Gasteiger partial charge in [-0.25, -0.2) is 4.79 Å². The van der Waals surface area contributed by atoms with Gasteiger partial charge in [0.2, 0.25) is 5.91 Å². The second kappa shape index (κ2) is 12.4. The molecule has 0 unspecified atom stereocenters. The summed E-state index contributed by atoms with van der Waals surface area (Å²) in [5.41, 5.74) is 1.03. The largest absolute Gasteiger partial charge is 0.490 e. The maximum atomic E-state index is 12.9. The molecule has 2 aromatic rings. The average molecular weight is 543 g/mol. The normalized spacial score (nSPS) is 15.4. The molecule has 200 valence electrons. The van der Waals surface area contributed by atoms with Crippen LogP contribution in [0.3, 0.4) is 0 Å². The minimum absolute atomic E-state index is 0.157. The van der Waals surface area contributed by atoms with Crippen LogP contribution in [-0.4, -0.2) is 67.5 Å². The van der Waals surface area contributed by atoms with Crippen LogP contribution >= 0.6 is 11.8 Å². The fraction of sp³-hybridized carbons (Fsp3) is 0.308. The number of hydrogen-bond acceptors (Lipinski definition) is 10. The molecular weight excluding hydrogens is 516 g/mol. The van der Waals surface area contributed by atoms with E-state index in [4.69, 9.17) is 23.7 Å². The molecule has 4 rings (SSSR count). The molecule has 2 aliphatic rings. The van der Waals surface area contributed by atoms with Crippen molar-refractivity contribution in [2.45, 2.75) is 13.8 Å². The first-order valence-corrected chi connectivity index (χ1v) is 12.7. The van der Waals surface area contributed by atoms with Gasteiger partial charge in [0.1, 0.15) is 19.8 Å². The minimum Gasteiger partial charge on any atom is -0.490 e. The Balaban J connectivity index is 1.41. The van der Waals surface area contributed by atoms with Crippen molar-refractivity contribution in [1.82, 2.24) is 4.90 Å². The smallest absolute Gasteiger partial charge is 0.344 e. The molecule has 0 aromatic heterocycles. The zero-order valence-corrected chi connectivity index (χ0v) is 21.6. The predicted molar refractivity (Wildman–Crippen MR) is 138 cm³/mol. The standard InChI is InChI=1S/C26H26N2O9S/c1-3-33-20-11-16(5-7-19(20)37-15-24(30)34-4-2)12-22-25(31)28(26(32)38-22)14-23(29)27-17-6-8-18-21(13-17)36-10-9-35-18/h5-8,11-13H,3-4,9-10,14-15H2,1-2H3,(H,27,29)/b22-12-. The van der Waals surface area contributed by atoms with E-state index in [1.165, 1.54) is 6.08 Å². The summed E-state index contributed by atoms with van der Waals surface area (Å²) in [6.07, 6.45) is 1.53. The number of esters is 1. The lowest BCUT2D eigenvalue weighted by molar-refractivity contribution is -0.145. The SMILES string of the molecule is CCOC(=O)COc1ccc(/C=C2\SC(=O)N(CC(=O)Nc3ccc4c(c3)OCCO4)C2=O)cc1OCC. The molecule has 2 aromatic carbocycles. The Kier molecular flexibility index (Phi) is 8.74. The van der Waals surface area contributed by atoms with Gasteiger partial charge in [-0.1, -0.05) is 6.07 Å². The van der Waals surface area contributed by atoms with Gasteiger partial charge in [-0.05, 0) is 61.5 Å². The van der Waals surface area contributed by atoms with Crippen LogP contribution in [0.1, 0.15) is 19.4 Å². The number of ether oxygens (including phenoxy) is 5. The molecule has 0 saturated carbocycles. The van der Waals surface area contributed by atoms with E-state index in [1.807, 2.05) is 0 Å². The van der Waals surface area contributed by atoms with Crippen molar-refractivity contribution in [2.75, 3.05) is 44.9 Å². The quantitative estimate of drug-likeness (QED) is 0.352. The molecule has 0 radical (unpaired) electrons. The maximum Gasteiger partial charge on any atom is 0.344 e. The summed E-state index contributed by atoms with van der Waals surface area (Å²) in [7, 11) is 0. The van der Waals surface area contributed by atoms with E-state index in [0.29, 0.717) is 54.1 Å². The predicted octanol–water partition coefficient (Wildman–Crippen LogP) is 3.47. The van der Waals surface area contributed by atoms with Crippen LogP contribution in [0.4, 0.5) is 10.5 Å². The number of imide groups is 1. The van der Waals surface area contributed by atoms with Crippen LogP contribution in [0.5, 0.6) is 23.0 Å². The van der Waals surface area contributed by atoms with E-state index in [2.05, 4.69) is 5.32 Å². The summed E-state index contributed by atoms with van der Waals surface area (Å²) in [5.74, 6) is 0.156. The van der Waals surface area contributed by atoms with Gasteiger partial charge in [0, 0.05) is 11.8 Å². The highest BCUT2D eigenvalue weighted by Gasteiger charge is 2.36. The fourth-order valence-corrected chi connectivity index (χ4v) is 4.43. The number of fused-ring (bicyclic) bond motifs is 1. The summed E-state index contributed by atoms with van der Waals surface area (Å²) in [5, 5.41) is 2.11. The molecule has 38 heavy (non-hydrogen) atoms. The zero-order chi connectivity index (χ0) is 27.1. The first-order chi connectivity index (χ1) is 18.4. The number of benzene rings is 2. The average Bonchev–Trinajstić information content (AvgIpc) is 3.15. The fourth-order valence-electron chi connectivity index (χ4n) is 3.59. The second-order valence-electron chi connectivity index (χ2n) is 7.91. The van der Waals surface area contributed by atoms with Gasteiger partial charge >= 0.3 is 5.97 Å². The van der Waals surface area contributed by atoms with Gasteiger partial charge in [0.05, 0.1) is 18.1 Å². The highest BCUT2D eigenvalue weighted by Crippen LogP contribution is 2.35. The number of nitrogens with one attached hydrogen (secondary N) is 1. The molecule has 0 spiro atoms. The number of thioether (sulfide) groups is 1. The Labute approximate surface area is 223 Å². The van der Waals surface area contributed by atoms with Crippen LogP contribution in [0.25, 0.3) is 6.08 Å². The number of carbonyl (C=O) groups excluding carboxylic acids is 4. The van der Waals surface area contributed by atoms with Crippen molar-refractivity contribution in [1.29, 1.82) is 0 Å². The van der Waals surface area contributed by atoms with E-state index >= 15 is 0 Å². The van der Waals surface area contributed by atoms with Gasteiger partial charge in [-0.15, -0.1) is 0 Å². The Hall–Kier alpha value is -4.19. The lowest BCUT2D eigenvalue weighted by Gasteiger charge is -2.19. The van der Waals surface area contributed by atoms with E-state index in [-0.39, 0.29) is 18.1 Å². The highest BCUT2D eigenvalue weighted by atomic mass is 32.2. The number of hydrogen-bond donors (Lipinski definition) is 1. The van der Waals surface area contributed by atoms with E-state index in [9.17, 15) is 19.2 Å². The molecule has 12 heteroatoms. The van der Waals surface area contributed by atoms with Crippen molar-refractivity contribution < 1.29 is 42.9 Å². The molecule has 2 aliphatic heterocycles. The molecule has 11 nitrogen and oxygen atoms in total. The van der Waals surface area contributed by atoms with Crippen LogP contribution in [-0.2, 0) is 19.1 Å². The molecule has 1 N–H and O–H groups in total. The highest BCUT2D eigenvalue weighted by molar-refractivity contribution is 8.18. The summed E-state index contributed by atoms with van der Waals surface area (Å²) < 4.78 is 26.9. The molecule has 0 bridgehead atoms. The van der Waals surface area contributed by atoms with Crippen molar-refractivity contribution in [3.8, 4) is 23.0 Å². The Bertz CT molecular complexity index is 1280. The summed E-state index contributed by atoms with van der Waals surface area (Å²) >= 11 is 0.735. The first-order valence-electron chi connectivity index (χ1n) is 11.9. The topological polar surface area (TPSA) is 130 Å². The van der Waals surface area contributed by atoms with E-state index < -0.39 is 29.6 Å². The molecule has 0 atom stereocenters. The summed E-state index contributed by atoms with van der Waals surface area (Å²) in [6.45, 7) is 4.22. The Morgan fingerprint density at radius 3 is 2.55 bits per heavy atom. The van der Waals surface area contributed by atoms with Crippen molar-refractivity contribution in [3.05, 3.63) is 46.9 Å². The van der Waals surface area contributed by atoms with Gasteiger partial charge in [0.25, 0.3) is 11.1 Å². The first kappa shape index (κ1) is 26.9. The number of amides is 3. The molecule has 1 fully saturated rings. The van der Waals surface area contributed by atoms with Crippen LogP contribution in [0, 0.1) is 0 Å². The van der Waals surface area contributed by atoms with Gasteiger partial charge in [-0.3, -0.25) is 19.3 Å². The number of nitrogens with zero attached hydrogens (tertiary/aromatic N) is 1.